The molecule has 1 aliphatic heterocycles. The summed E-state index contributed by atoms with van der Waals surface area (Å²) in [5.41, 5.74) is 4.11. The van der Waals surface area contributed by atoms with Crippen LogP contribution in [0.25, 0.3) is 10.7 Å². The number of nitrogens with one attached hydrogen (secondary N) is 1. The molecule has 3 aromatic rings. The molecule has 1 aromatic carbocycles. The number of piperazine rings is 1. The topological polar surface area (TPSA) is 40.1 Å². The van der Waals surface area contributed by atoms with Crippen LogP contribution in [0.2, 0.25) is 0 Å². The first kappa shape index (κ1) is 17.5. The second kappa shape index (κ2) is 7.34. The summed E-state index contributed by atoms with van der Waals surface area (Å²) in [7, 11) is 0. The second-order valence-electron chi connectivity index (χ2n) is 6.73. The lowest BCUT2D eigenvalue weighted by Gasteiger charge is -2.36. The van der Waals surface area contributed by atoms with Gasteiger partial charge in [0.2, 0.25) is 4.77 Å². The Hall–Kier alpha value is -1.96. The zero-order valence-electron chi connectivity index (χ0n) is 15.1. The van der Waals surface area contributed by atoms with E-state index in [9.17, 15) is 0 Å². The quantitative estimate of drug-likeness (QED) is 0.688. The van der Waals surface area contributed by atoms with Gasteiger partial charge in [0, 0.05) is 31.9 Å². The van der Waals surface area contributed by atoms with E-state index < -0.39 is 0 Å². The third-order valence-corrected chi connectivity index (χ3v) is 6.25. The molecular formula is C19H23N5S2. The number of aryl methyl sites for hydroxylation is 1. The van der Waals surface area contributed by atoms with Gasteiger partial charge in [-0.05, 0) is 54.7 Å². The molecule has 1 saturated heterocycles. The van der Waals surface area contributed by atoms with Crippen molar-refractivity contribution in [2.75, 3.05) is 31.1 Å². The average Bonchev–Trinajstić information content (AvgIpc) is 3.29. The molecule has 0 amide bonds. The largest absolute Gasteiger partial charge is 0.369 e. The zero-order chi connectivity index (χ0) is 18.1. The Bertz CT molecular complexity index is 933. The lowest BCUT2D eigenvalue weighted by Crippen LogP contribution is -2.47. The van der Waals surface area contributed by atoms with Crippen molar-refractivity contribution in [3.05, 3.63) is 51.6 Å². The van der Waals surface area contributed by atoms with Gasteiger partial charge in [-0.25, -0.2) is 4.68 Å². The van der Waals surface area contributed by atoms with Crippen molar-refractivity contribution in [3.63, 3.8) is 0 Å². The molecule has 0 spiro atoms. The van der Waals surface area contributed by atoms with Gasteiger partial charge < -0.3 is 4.90 Å². The van der Waals surface area contributed by atoms with Gasteiger partial charge >= 0.3 is 0 Å². The van der Waals surface area contributed by atoms with E-state index in [1.54, 1.807) is 11.3 Å². The van der Waals surface area contributed by atoms with Crippen molar-refractivity contribution in [1.82, 2.24) is 19.7 Å². The predicted molar refractivity (Wildman–Crippen MR) is 110 cm³/mol. The highest BCUT2D eigenvalue weighted by Crippen LogP contribution is 2.24. The number of hydrogen-bond donors (Lipinski definition) is 1. The van der Waals surface area contributed by atoms with Crippen LogP contribution in [0.3, 0.4) is 0 Å². The summed E-state index contributed by atoms with van der Waals surface area (Å²) in [6.07, 6.45) is 0. The van der Waals surface area contributed by atoms with E-state index in [1.165, 1.54) is 16.8 Å². The van der Waals surface area contributed by atoms with E-state index >= 15 is 0 Å². The fraction of sp³-hybridized carbons (Fsp3) is 0.368. The summed E-state index contributed by atoms with van der Waals surface area (Å²) in [6.45, 7) is 9.25. The number of thiophene rings is 1. The molecule has 0 atom stereocenters. The Balaban J connectivity index is 1.41. The second-order valence-corrected chi connectivity index (χ2v) is 8.04. The van der Waals surface area contributed by atoms with Crippen molar-refractivity contribution in [1.29, 1.82) is 0 Å². The van der Waals surface area contributed by atoms with Gasteiger partial charge in [0.15, 0.2) is 5.82 Å². The molecule has 4 rings (SSSR count). The number of aromatic nitrogens is 3. The fourth-order valence-corrected chi connectivity index (χ4v) is 4.24. The van der Waals surface area contributed by atoms with Crippen LogP contribution in [-0.4, -0.2) is 45.8 Å². The van der Waals surface area contributed by atoms with E-state index in [4.69, 9.17) is 12.2 Å². The minimum atomic E-state index is 0.616. The summed E-state index contributed by atoms with van der Waals surface area (Å²) in [6, 6.07) is 10.7. The Labute approximate surface area is 162 Å². The first-order valence-electron chi connectivity index (χ1n) is 8.86. The molecule has 0 aliphatic carbocycles. The molecule has 5 nitrogen and oxygen atoms in total. The smallest absolute Gasteiger partial charge is 0.217 e. The number of hydrogen-bond acceptors (Lipinski definition) is 5. The number of rotatable bonds is 4. The van der Waals surface area contributed by atoms with E-state index in [0.29, 0.717) is 4.77 Å². The van der Waals surface area contributed by atoms with Crippen molar-refractivity contribution in [2.45, 2.75) is 20.5 Å². The van der Waals surface area contributed by atoms with Crippen LogP contribution in [0.5, 0.6) is 0 Å². The third kappa shape index (κ3) is 3.47. The molecule has 1 fully saturated rings. The maximum atomic E-state index is 5.43. The number of nitrogens with zero attached hydrogens (tertiary/aromatic N) is 4. The first-order valence-corrected chi connectivity index (χ1v) is 10.1. The van der Waals surface area contributed by atoms with E-state index in [-0.39, 0.29) is 0 Å². The lowest BCUT2D eigenvalue weighted by atomic mass is 10.1. The van der Waals surface area contributed by atoms with Crippen molar-refractivity contribution < 1.29 is 0 Å². The van der Waals surface area contributed by atoms with Gasteiger partial charge in [-0.15, -0.1) is 11.3 Å². The molecule has 2 aromatic heterocycles. The van der Waals surface area contributed by atoms with Crippen LogP contribution in [0.15, 0.2) is 35.7 Å². The van der Waals surface area contributed by atoms with Gasteiger partial charge in [-0.3, -0.25) is 10.00 Å². The molecule has 0 unspecified atom stereocenters. The molecule has 1 N–H and O–H groups in total. The summed E-state index contributed by atoms with van der Waals surface area (Å²) < 4.78 is 2.59. The molecule has 136 valence electrons. The van der Waals surface area contributed by atoms with Gasteiger partial charge in [0.05, 0.1) is 11.5 Å². The monoisotopic (exact) mass is 385 g/mol. The highest BCUT2D eigenvalue weighted by Gasteiger charge is 2.19. The Morgan fingerprint density at radius 2 is 1.92 bits per heavy atom. The van der Waals surface area contributed by atoms with Crippen LogP contribution in [0.4, 0.5) is 5.69 Å². The van der Waals surface area contributed by atoms with Crippen molar-refractivity contribution in [3.8, 4) is 10.7 Å². The summed E-state index contributed by atoms with van der Waals surface area (Å²) in [5.74, 6) is 0.860. The predicted octanol–water partition coefficient (Wildman–Crippen LogP) is 4.07. The van der Waals surface area contributed by atoms with E-state index in [0.717, 1.165) is 43.5 Å². The fourth-order valence-electron chi connectivity index (χ4n) is 3.38. The number of H-pyrrole nitrogens is 1. The molecule has 7 heteroatoms. The van der Waals surface area contributed by atoms with Crippen molar-refractivity contribution >= 4 is 29.2 Å². The number of aromatic amines is 1. The number of benzene rings is 1. The molecule has 1 aliphatic rings. The lowest BCUT2D eigenvalue weighted by molar-refractivity contribution is 0.194. The Kier molecular flexibility index (Phi) is 4.93. The maximum Gasteiger partial charge on any atom is 0.217 e. The standard InChI is InChI=1S/C19H23N5S2/c1-14-5-3-6-16(15(14)2)23-10-8-22(9-11-23)13-24-19(25)20-18(21-24)17-7-4-12-26-17/h3-7,12H,8-11,13H2,1-2H3,(H,20,21,25). The summed E-state index contributed by atoms with van der Waals surface area (Å²) >= 11 is 7.11. The van der Waals surface area contributed by atoms with Crippen LogP contribution < -0.4 is 4.90 Å². The highest BCUT2D eigenvalue weighted by atomic mass is 32.1. The first-order chi connectivity index (χ1) is 12.6. The van der Waals surface area contributed by atoms with Crippen LogP contribution >= 0.6 is 23.6 Å². The molecule has 0 bridgehead atoms. The molecule has 0 saturated carbocycles. The minimum Gasteiger partial charge on any atom is -0.369 e. The summed E-state index contributed by atoms with van der Waals surface area (Å²) in [4.78, 5) is 10.5. The van der Waals surface area contributed by atoms with Crippen LogP contribution in [-0.2, 0) is 6.67 Å². The van der Waals surface area contributed by atoms with Crippen molar-refractivity contribution in [2.24, 2.45) is 0 Å². The SMILES string of the molecule is Cc1cccc(N2CCN(Cn3[nH]c(-c4cccs4)nc3=S)CC2)c1C. The minimum absolute atomic E-state index is 0.616. The normalized spacial score (nSPS) is 15.5. The van der Waals surface area contributed by atoms with Gasteiger partial charge in [-0.2, -0.15) is 4.98 Å². The van der Waals surface area contributed by atoms with Crippen LogP contribution in [0, 0.1) is 18.6 Å². The van der Waals surface area contributed by atoms with Gasteiger partial charge in [0.25, 0.3) is 0 Å². The third-order valence-electron chi connectivity index (χ3n) is 5.06. The van der Waals surface area contributed by atoms with E-state index in [1.807, 2.05) is 10.7 Å². The zero-order valence-corrected chi connectivity index (χ0v) is 16.7. The average molecular weight is 386 g/mol. The molecule has 26 heavy (non-hydrogen) atoms. The Morgan fingerprint density at radius 3 is 2.65 bits per heavy atom. The molecule has 0 radical (unpaired) electrons. The number of anilines is 1. The Morgan fingerprint density at radius 1 is 1.12 bits per heavy atom. The van der Waals surface area contributed by atoms with Gasteiger partial charge in [-0.1, -0.05) is 18.2 Å². The molecular weight excluding hydrogens is 362 g/mol. The summed E-state index contributed by atoms with van der Waals surface area (Å²) in [5, 5.41) is 5.40. The highest BCUT2D eigenvalue weighted by molar-refractivity contribution is 7.71. The van der Waals surface area contributed by atoms with Gasteiger partial charge in [0.1, 0.15) is 0 Å². The van der Waals surface area contributed by atoms with Crippen LogP contribution in [0.1, 0.15) is 11.1 Å². The molecule has 3 heterocycles. The van der Waals surface area contributed by atoms with E-state index in [2.05, 4.69) is 63.4 Å². The maximum absolute atomic E-state index is 5.43.